The summed E-state index contributed by atoms with van der Waals surface area (Å²) in [4.78, 5) is 35.2. The summed E-state index contributed by atoms with van der Waals surface area (Å²) in [5.41, 5.74) is -0.452. The monoisotopic (exact) mass is 544 g/mol. The van der Waals surface area contributed by atoms with Gasteiger partial charge >= 0.3 is 12.2 Å². The number of amides is 2. The number of non-ortho nitro benzene ring substituents is 1. The highest BCUT2D eigenvalue weighted by molar-refractivity contribution is 9.10. The summed E-state index contributed by atoms with van der Waals surface area (Å²) in [6, 6.07) is 1.55. The number of aromatic nitrogens is 2. The molecule has 2 aliphatic rings. The Bertz CT molecular complexity index is 1130. The molecule has 0 unspecified atom stereocenters. The van der Waals surface area contributed by atoms with Gasteiger partial charge in [-0.1, -0.05) is 0 Å². The van der Waals surface area contributed by atoms with Crippen LogP contribution in [0.3, 0.4) is 0 Å². The molecule has 0 spiro atoms. The minimum atomic E-state index is -4.74. The summed E-state index contributed by atoms with van der Waals surface area (Å²) in [5, 5.41) is 14.2. The fraction of sp³-hybridized carbons (Fsp3) is 0.450. The van der Waals surface area contributed by atoms with Gasteiger partial charge in [-0.15, -0.1) is 0 Å². The second kappa shape index (κ2) is 9.33. The lowest BCUT2D eigenvalue weighted by Crippen LogP contribution is -2.46. The Kier molecular flexibility index (Phi) is 6.62. The van der Waals surface area contributed by atoms with E-state index in [4.69, 9.17) is 4.74 Å². The Balaban J connectivity index is 1.59. The second-order valence-corrected chi connectivity index (χ2v) is 8.65. The van der Waals surface area contributed by atoms with Crippen LogP contribution in [0.1, 0.15) is 35.3 Å². The number of hydrogen-bond donors (Lipinski definition) is 1. The quantitative estimate of drug-likeness (QED) is 0.350. The van der Waals surface area contributed by atoms with E-state index in [0.717, 1.165) is 12.1 Å². The number of carbonyl (C=O) groups excluding carboxylic acids is 1. The number of urea groups is 1. The highest BCUT2D eigenvalue weighted by Crippen LogP contribution is 2.36. The molecule has 3 heterocycles. The third-order valence-electron chi connectivity index (χ3n) is 5.64. The molecule has 0 saturated carbocycles. The fourth-order valence-corrected chi connectivity index (χ4v) is 4.27. The molecule has 1 N–H and O–H groups in total. The van der Waals surface area contributed by atoms with Crippen molar-refractivity contribution in [2.24, 2.45) is 0 Å². The molecule has 0 radical (unpaired) electrons. The van der Waals surface area contributed by atoms with Crippen molar-refractivity contribution >= 4 is 33.5 Å². The van der Waals surface area contributed by atoms with Gasteiger partial charge in [-0.2, -0.15) is 13.2 Å². The van der Waals surface area contributed by atoms with Crippen LogP contribution < -0.4 is 5.32 Å². The molecule has 182 valence electrons. The number of nitrogens with one attached hydrogen (secondary N) is 1. The summed E-state index contributed by atoms with van der Waals surface area (Å²) in [7, 11) is 0. The van der Waals surface area contributed by atoms with E-state index in [2.05, 4.69) is 31.2 Å². The van der Waals surface area contributed by atoms with Crippen LogP contribution in [0.2, 0.25) is 0 Å². The molecule has 10 nitrogen and oxygen atoms in total. The van der Waals surface area contributed by atoms with Gasteiger partial charge in [0.2, 0.25) is 0 Å². The first-order chi connectivity index (χ1) is 16.0. The molecule has 2 aromatic rings. The van der Waals surface area contributed by atoms with E-state index >= 15 is 0 Å². The Labute approximate surface area is 200 Å². The number of rotatable bonds is 4. The summed E-state index contributed by atoms with van der Waals surface area (Å²) in [5.74, 6) is 0.335. The summed E-state index contributed by atoms with van der Waals surface area (Å²) in [6.07, 6.45) is -4.74. The summed E-state index contributed by atoms with van der Waals surface area (Å²) < 4.78 is 45.4. The predicted octanol–water partition coefficient (Wildman–Crippen LogP) is 4.11. The zero-order chi connectivity index (χ0) is 24.6. The van der Waals surface area contributed by atoms with Gasteiger partial charge in [0, 0.05) is 30.8 Å². The number of anilines is 1. The number of benzene rings is 1. The summed E-state index contributed by atoms with van der Waals surface area (Å²) >= 11 is 3.23. The van der Waals surface area contributed by atoms with Crippen molar-refractivity contribution in [1.29, 1.82) is 0 Å². The lowest BCUT2D eigenvalue weighted by molar-refractivity contribution is -0.385. The molecule has 1 saturated heterocycles. The third kappa shape index (κ3) is 5.06. The number of nitro benzene ring substituents is 1. The molecule has 1 fully saturated rings. The van der Waals surface area contributed by atoms with Gasteiger partial charge < -0.3 is 19.9 Å². The normalized spacial score (nSPS) is 16.9. The first-order valence-electron chi connectivity index (χ1n) is 10.3. The number of halogens is 4. The number of carbonyl (C=O) groups is 1. The topological polar surface area (TPSA) is 114 Å². The molecule has 2 aliphatic heterocycles. The molecule has 1 atom stereocenters. The van der Waals surface area contributed by atoms with Gasteiger partial charge in [-0.25, -0.2) is 14.8 Å². The van der Waals surface area contributed by atoms with Crippen LogP contribution in [0.5, 0.6) is 0 Å². The van der Waals surface area contributed by atoms with Gasteiger partial charge in [0.1, 0.15) is 5.82 Å². The number of alkyl halides is 3. The van der Waals surface area contributed by atoms with Crippen LogP contribution in [-0.4, -0.2) is 57.0 Å². The maximum atomic E-state index is 13.3. The maximum absolute atomic E-state index is 13.3. The molecule has 2 amide bonds. The fourth-order valence-electron chi connectivity index (χ4n) is 3.88. The maximum Gasteiger partial charge on any atom is 0.416 e. The number of morpholine rings is 1. The van der Waals surface area contributed by atoms with Crippen LogP contribution in [0.4, 0.5) is 29.5 Å². The molecule has 1 aromatic carbocycles. The lowest BCUT2D eigenvalue weighted by atomic mass is 10.0. The van der Waals surface area contributed by atoms with Crippen molar-refractivity contribution in [2.45, 2.75) is 32.2 Å². The number of nitrogens with zero attached hydrogens (tertiary/aromatic N) is 5. The highest BCUT2D eigenvalue weighted by atomic mass is 79.9. The van der Waals surface area contributed by atoms with Crippen LogP contribution in [-0.2, 0) is 24.0 Å². The summed E-state index contributed by atoms with van der Waals surface area (Å²) in [6.45, 7) is 3.94. The molecule has 14 heteroatoms. The Morgan fingerprint density at radius 2 is 1.91 bits per heavy atom. The van der Waals surface area contributed by atoms with Crippen molar-refractivity contribution in [1.82, 2.24) is 19.8 Å². The minimum absolute atomic E-state index is 0.0734. The van der Waals surface area contributed by atoms with Gasteiger partial charge in [-0.3, -0.25) is 10.1 Å². The molecular weight excluding hydrogens is 525 g/mol. The smallest absolute Gasteiger partial charge is 0.378 e. The number of nitro groups is 1. The highest BCUT2D eigenvalue weighted by Gasteiger charge is 2.34. The van der Waals surface area contributed by atoms with E-state index in [1.807, 2.05) is 0 Å². The zero-order valence-electron chi connectivity index (χ0n) is 17.9. The average Bonchev–Trinajstić information content (AvgIpc) is 3.22. The van der Waals surface area contributed by atoms with Crippen molar-refractivity contribution in [3.8, 4) is 0 Å². The van der Waals surface area contributed by atoms with E-state index in [1.54, 1.807) is 16.7 Å². The van der Waals surface area contributed by atoms with Crippen LogP contribution in [0, 0.1) is 10.1 Å². The number of hydrogen-bond acceptors (Lipinski definition) is 7. The van der Waals surface area contributed by atoms with Gasteiger partial charge in [0.25, 0.3) is 5.69 Å². The SMILES string of the molecule is C[C@@H](Nc1nc(Br)nc2c1CN(C(=O)N1CCOCC1)C2)c1cc([N+](=O)[O-])cc(C(F)(F)F)c1. The first-order valence-corrected chi connectivity index (χ1v) is 11.1. The Hall–Kier alpha value is -3.00. The molecule has 1 aromatic heterocycles. The predicted molar refractivity (Wildman–Crippen MR) is 117 cm³/mol. The van der Waals surface area contributed by atoms with Gasteiger partial charge in [0.15, 0.2) is 4.73 Å². The van der Waals surface area contributed by atoms with E-state index < -0.39 is 28.4 Å². The Morgan fingerprint density at radius 1 is 1.21 bits per heavy atom. The molecule has 34 heavy (non-hydrogen) atoms. The third-order valence-corrected chi connectivity index (χ3v) is 5.99. The van der Waals surface area contributed by atoms with E-state index in [1.165, 1.54) is 0 Å². The molecule has 4 rings (SSSR count). The van der Waals surface area contributed by atoms with E-state index in [-0.39, 0.29) is 29.4 Å². The van der Waals surface area contributed by atoms with Crippen LogP contribution >= 0.6 is 15.9 Å². The largest absolute Gasteiger partial charge is 0.416 e. The molecule has 0 bridgehead atoms. The lowest BCUT2D eigenvalue weighted by Gasteiger charge is -2.30. The van der Waals surface area contributed by atoms with Crippen molar-refractivity contribution in [2.75, 3.05) is 31.6 Å². The zero-order valence-corrected chi connectivity index (χ0v) is 19.5. The van der Waals surface area contributed by atoms with Crippen LogP contribution in [0.25, 0.3) is 0 Å². The van der Waals surface area contributed by atoms with Crippen LogP contribution in [0.15, 0.2) is 22.9 Å². The van der Waals surface area contributed by atoms with Gasteiger partial charge in [-0.05, 0) is 34.5 Å². The molecule has 0 aliphatic carbocycles. The second-order valence-electron chi connectivity index (χ2n) is 7.94. The number of fused-ring (bicyclic) bond motifs is 1. The average molecular weight is 545 g/mol. The van der Waals surface area contributed by atoms with E-state index in [9.17, 15) is 28.1 Å². The minimum Gasteiger partial charge on any atom is -0.378 e. The Morgan fingerprint density at radius 3 is 2.56 bits per heavy atom. The number of ether oxygens (including phenoxy) is 1. The van der Waals surface area contributed by atoms with Crippen molar-refractivity contribution in [3.63, 3.8) is 0 Å². The first kappa shape index (κ1) is 24.1. The van der Waals surface area contributed by atoms with Crippen molar-refractivity contribution in [3.05, 3.63) is 55.4 Å². The standard InChI is InChI=1S/C20H20BrF3N6O4/c1-11(12-6-13(20(22,23)24)8-14(7-12)30(32)33)25-17-15-9-29(10-16(15)26-18(21)27-17)19(31)28-2-4-34-5-3-28/h6-8,11H,2-5,9-10H2,1H3,(H,25,26,27)/t11-/m1/s1. The van der Waals surface area contributed by atoms with Crippen molar-refractivity contribution < 1.29 is 27.6 Å². The van der Waals surface area contributed by atoms with Gasteiger partial charge in [0.05, 0.1) is 48.5 Å². The van der Waals surface area contributed by atoms with E-state index in [0.29, 0.717) is 49.4 Å². The molecular formula is C20H20BrF3N6O4.